The highest BCUT2D eigenvalue weighted by atomic mass is 35.7. The summed E-state index contributed by atoms with van der Waals surface area (Å²) < 4.78 is 36.5. The summed E-state index contributed by atoms with van der Waals surface area (Å²) in [7, 11) is -3.02. The van der Waals surface area contributed by atoms with Gasteiger partial charge in [0.05, 0.1) is 5.69 Å². The van der Waals surface area contributed by atoms with Crippen molar-refractivity contribution in [2.75, 3.05) is 5.73 Å². The van der Waals surface area contributed by atoms with Crippen LogP contribution in [-0.2, 0) is 13.5 Å². The first kappa shape index (κ1) is 15.2. The van der Waals surface area contributed by atoms with Gasteiger partial charge < -0.3 is 5.73 Å². The van der Waals surface area contributed by atoms with Crippen molar-refractivity contribution < 1.29 is 33.6 Å². The van der Waals surface area contributed by atoms with Crippen molar-refractivity contribution in [2.24, 2.45) is 7.05 Å². The van der Waals surface area contributed by atoms with Crippen molar-refractivity contribution in [2.45, 2.75) is 13.3 Å². The van der Waals surface area contributed by atoms with Crippen LogP contribution in [0.4, 0.5) is 5.69 Å². The minimum Gasteiger partial charge on any atom is -0.396 e. The van der Waals surface area contributed by atoms with Gasteiger partial charge in [-0.1, -0.05) is 19.1 Å². The molecule has 16 heavy (non-hydrogen) atoms. The zero-order chi connectivity index (χ0) is 12.9. The third-order valence-electron chi connectivity index (χ3n) is 1.65. The number of hydrogen-bond donors (Lipinski definition) is 2. The molecule has 0 aliphatic rings. The minimum absolute atomic E-state index is 0.602. The first-order valence-electron chi connectivity index (χ1n) is 4.14. The third-order valence-corrected chi connectivity index (χ3v) is 1.97. The fourth-order valence-corrected chi connectivity index (χ4v) is 1.17. The van der Waals surface area contributed by atoms with Crippen LogP contribution in [0, 0.1) is 14.9 Å². The molecule has 1 aromatic rings. The molecule has 9 heteroatoms. The first-order valence-corrected chi connectivity index (χ1v) is 5.79. The van der Waals surface area contributed by atoms with Crippen molar-refractivity contribution in [1.82, 2.24) is 5.10 Å². The second-order valence-corrected chi connectivity index (χ2v) is 3.99. The molecule has 0 spiro atoms. The number of aryl methyl sites for hydroxylation is 2. The van der Waals surface area contributed by atoms with Gasteiger partial charge in [0.1, 0.15) is 0 Å². The molecular formula is C7H12ClN3O4S. The van der Waals surface area contributed by atoms with Crippen LogP contribution >= 0.6 is 12.2 Å². The molecule has 0 amide bonds. The molecule has 0 aromatic carbocycles. The zero-order valence-electron chi connectivity index (χ0n) is 8.73. The Morgan fingerprint density at radius 2 is 1.88 bits per heavy atom. The van der Waals surface area contributed by atoms with E-state index in [4.69, 9.17) is 36.6 Å². The van der Waals surface area contributed by atoms with E-state index >= 15 is 0 Å². The Balaban J connectivity index is 0.000000385. The maximum atomic E-state index is 8.49. The zero-order valence-corrected chi connectivity index (χ0v) is 10.3. The van der Waals surface area contributed by atoms with Crippen LogP contribution in [0.1, 0.15) is 12.6 Å². The monoisotopic (exact) mass is 269 g/mol. The van der Waals surface area contributed by atoms with Gasteiger partial charge in [-0.3, -0.25) is 0 Å². The highest BCUT2D eigenvalue weighted by Gasteiger charge is 2.04. The molecule has 0 saturated carbocycles. The Morgan fingerprint density at radius 1 is 1.44 bits per heavy atom. The number of nitrogens with two attached hydrogens (primary N) is 1. The largest absolute Gasteiger partial charge is 0.396 e. The summed E-state index contributed by atoms with van der Waals surface area (Å²) in [4.78, 5) is 0. The summed E-state index contributed by atoms with van der Waals surface area (Å²) >= 11 is 4.95. The van der Waals surface area contributed by atoms with E-state index in [1.54, 1.807) is 0 Å². The fraction of sp³-hybridized carbons (Fsp3) is 0.429. The topological polar surface area (TPSA) is 138 Å². The predicted molar refractivity (Wildman–Crippen MR) is 46.6 cm³/mol. The van der Waals surface area contributed by atoms with Crippen molar-refractivity contribution in [3.8, 4) is 0 Å². The summed E-state index contributed by atoms with van der Waals surface area (Å²) in [6.45, 7) is 2.08. The van der Waals surface area contributed by atoms with Gasteiger partial charge >= 0.3 is 0 Å². The van der Waals surface area contributed by atoms with Gasteiger partial charge in [0, 0.05) is 12.5 Å². The highest BCUT2D eigenvalue weighted by molar-refractivity contribution is 7.71. The van der Waals surface area contributed by atoms with Crippen LogP contribution in [-0.4, -0.2) is 5.10 Å². The summed E-state index contributed by atoms with van der Waals surface area (Å²) in [5.41, 5.74) is 7.41. The molecule has 0 aliphatic carbocycles. The van der Waals surface area contributed by atoms with Crippen LogP contribution in [0.25, 0.3) is 0 Å². The van der Waals surface area contributed by atoms with E-state index in [9.17, 15) is 0 Å². The average Bonchev–Trinajstić information content (AvgIpc) is 2.08. The van der Waals surface area contributed by atoms with Crippen LogP contribution in [0.3, 0.4) is 0 Å². The number of rotatable bonds is 1. The summed E-state index contributed by atoms with van der Waals surface area (Å²) in [6.07, 6.45) is 0.951. The molecule has 0 fully saturated rings. The van der Waals surface area contributed by atoms with Gasteiger partial charge in [0.2, 0.25) is 5.69 Å². The van der Waals surface area contributed by atoms with E-state index < -0.39 is 10.2 Å². The van der Waals surface area contributed by atoms with E-state index in [-0.39, 0.29) is 0 Å². The van der Waals surface area contributed by atoms with Gasteiger partial charge in [-0.25, -0.2) is 18.6 Å². The lowest BCUT2D eigenvalue weighted by Crippen LogP contribution is -2.68. The molecule has 0 atom stereocenters. The standard InChI is InChI=1S/C7H11N3S.ClHO4/c1-3-5-4-6(8)7(11)9-10(5)2;2-1(3,4)5/h4,8H,3H2,1-2H3,(H,9,11);(H,2,3,4,5). The van der Waals surface area contributed by atoms with Gasteiger partial charge in [-0.05, 0) is 0 Å². The molecule has 92 valence electrons. The van der Waals surface area contributed by atoms with Crippen LogP contribution in [0.15, 0.2) is 6.07 Å². The van der Waals surface area contributed by atoms with E-state index in [0.29, 0.717) is 10.3 Å². The molecule has 0 aliphatic heterocycles. The molecule has 1 aromatic heterocycles. The molecule has 0 saturated heterocycles. The predicted octanol–water partition coefficient (Wildman–Crippen LogP) is -4.04. The molecule has 0 bridgehead atoms. The Hall–Kier alpha value is -0.770. The van der Waals surface area contributed by atoms with Gasteiger partial charge in [-0.2, -0.15) is 5.10 Å². The Kier molecular flexibility index (Phi) is 5.79. The summed E-state index contributed by atoms with van der Waals surface area (Å²) in [6, 6.07) is 1.90. The number of aromatic nitrogens is 2. The van der Waals surface area contributed by atoms with Crippen LogP contribution < -0.4 is 29.1 Å². The number of H-pyrrole nitrogens is 1. The number of anilines is 1. The quantitative estimate of drug-likeness (QED) is 0.393. The second kappa shape index (κ2) is 6.09. The van der Waals surface area contributed by atoms with E-state index in [0.717, 1.165) is 12.1 Å². The van der Waals surface area contributed by atoms with Gasteiger partial charge in [0.25, 0.3) is 0 Å². The van der Waals surface area contributed by atoms with Gasteiger partial charge in [-0.15, -0.1) is 14.9 Å². The molecule has 0 unspecified atom stereocenters. The lowest BCUT2D eigenvalue weighted by Gasteiger charge is -2.17. The first-order chi connectivity index (χ1) is 7.15. The Labute approximate surface area is 99.5 Å². The maximum Gasteiger partial charge on any atom is 0.207 e. The smallest absolute Gasteiger partial charge is 0.207 e. The number of nitrogens with one attached hydrogen (secondary N) is 1. The Bertz CT molecular complexity index is 398. The third kappa shape index (κ3) is 6.67. The van der Waals surface area contributed by atoms with Crippen LogP contribution in [0.2, 0.25) is 0 Å². The number of hydrogen-bond acceptors (Lipinski definition) is 6. The van der Waals surface area contributed by atoms with Crippen LogP contribution in [0.5, 0.6) is 0 Å². The van der Waals surface area contributed by atoms with Crippen molar-refractivity contribution in [1.29, 1.82) is 0 Å². The highest BCUT2D eigenvalue weighted by Crippen LogP contribution is 2.01. The molecule has 1 heterocycles. The number of nitrogen functional groups attached to an aromatic ring is 1. The molecule has 0 radical (unpaired) electrons. The maximum absolute atomic E-state index is 8.49. The summed E-state index contributed by atoms with van der Waals surface area (Å²) in [5.74, 6) is 0. The molecular weight excluding hydrogens is 258 g/mol. The fourth-order valence-electron chi connectivity index (χ4n) is 0.970. The van der Waals surface area contributed by atoms with Crippen molar-refractivity contribution >= 4 is 17.9 Å². The molecule has 3 N–H and O–H groups in total. The Morgan fingerprint density at radius 3 is 2.25 bits per heavy atom. The second-order valence-electron chi connectivity index (χ2n) is 2.82. The van der Waals surface area contributed by atoms with E-state index in [2.05, 4.69) is 12.0 Å². The normalized spacial score (nSPS) is 10.6. The number of aromatic amines is 1. The number of halogens is 1. The van der Waals surface area contributed by atoms with Crippen molar-refractivity contribution in [3.05, 3.63) is 16.4 Å². The summed E-state index contributed by atoms with van der Waals surface area (Å²) in [5, 5.41) is 2.96. The lowest BCUT2D eigenvalue weighted by atomic mass is 10.3. The van der Waals surface area contributed by atoms with Gasteiger partial charge in [0.15, 0.2) is 11.7 Å². The van der Waals surface area contributed by atoms with Crippen molar-refractivity contribution in [3.63, 3.8) is 0 Å². The number of nitrogens with zero attached hydrogens (tertiary/aromatic N) is 1. The molecule has 7 nitrogen and oxygen atoms in total. The lowest BCUT2D eigenvalue weighted by molar-refractivity contribution is -2.00. The minimum atomic E-state index is -4.94. The SMILES string of the molecule is CCc1cc(N)c(=S)[nH][n+]1C.[O-][Cl+3]([O-])([O-])[O-]. The average molecular weight is 270 g/mol. The molecule has 1 rings (SSSR count). The van der Waals surface area contributed by atoms with E-state index in [1.807, 2.05) is 17.8 Å². The van der Waals surface area contributed by atoms with E-state index in [1.165, 1.54) is 0 Å².